The molecule has 1 amide bonds. The van der Waals surface area contributed by atoms with E-state index in [9.17, 15) is 13.2 Å². The number of hydrogen-bond donors (Lipinski definition) is 2. The minimum absolute atomic E-state index is 0.133. The SMILES string of the molecule is Cc1ccc(Nc2ccc(NC(=O)c3ccc(S(=O)(=O)N(C)C)cc3)cc2)nn1. The van der Waals surface area contributed by atoms with Crippen molar-refractivity contribution in [2.24, 2.45) is 0 Å². The number of carbonyl (C=O) groups excluding carboxylic acids is 1. The van der Waals surface area contributed by atoms with Crippen LogP contribution in [0.25, 0.3) is 0 Å². The van der Waals surface area contributed by atoms with E-state index >= 15 is 0 Å². The Balaban J connectivity index is 1.65. The highest BCUT2D eigenvalue weighted by molar-refractivity contribution is 7.89. The summed E-state index contributed by atoms with van der Waals surface area (Å²) in [7, 11) is -0.610. The summed E-state index contributed by atoms with van der Waals surface area (Å²) < 4.78 is 25.3. The van der Waals surface area contributed by atoms with Crippen molar-refractivity contribution in [1.29, 1.82) is 0 Å². The summed E-state index contributed by atoms with van der Waals surface area (Å²) in [5.41, 5.74) is 2.61. The van der Waals surface area contributed by atoms with Crippen molar-refractivity contribution in [1.82, 2.24) is 14.5 Å². The van der Waals surface area contributed by atoms with E-state index in [1.807, 2.05) is 31.2 Å². The molecular weight excluding hydrogens is 390 g/mol. The highest BCUT2D eigenvalue weighted by Crippen LogP contribution is 2.19. The summed E-state index contributed by atoms with van der Waals surface area (Å²) in [5, 5.41) is 13.9. The summed E-state index contributed by atoms with van der Waals surface area (Å²) in [6, 6.07) is 16.6. The molecule has 0 aliphatic carbocycles. The Hall–Kier alpha value is -3.30. The van der Waals surface area contributed by atoms with Crippen molar-refractivity contribution in [3.63, 3.8) is 0 Å². The van der Waals surface area contributed by atoms with Crippen LogP contribution in [0.3, 0.4) is 0 Å². The van der Waals surface area contributed by atoms with E-state index in [4.69, 9.17) is 0 Å². The fourth-order valence-corrected chi connectivity index (χ4v) is 3.34. The van der Waals surface area contributed by atoms with E-state index in [1.54, 1.807) is 12.1 Å². The molecule has 0 aliphatic rings. The molecule has 0 fully saturated rings. The first-order valence-electron chi connectivity index (χ1n) is 8.77. The molecule has 0 radical (unpaired) electrons. The zero-order chi connectivity index (χ0) is 21.0. The molecule has 29 heavy (non-hydrogen) atoms. The number of anilines is 3. The largest absolute Gasteiger partial charge is 0.339 e. The summed E-state index contributed by atoms with van der Waals surface area (Å²) >= 11 is 0. The second-order valence-corrected chi connectivity index (χ2v) is 8.68. The van der Waals surface area contributed by atoms with Gasteiger partial charge in [-0.3, -0.25) is 4.79 Å². The molecule has 150 valence electrons. The molecule has 0 saturated carbocycles. The summed E-state index contributed by atoms with van der Waals surface area (Å²) in [4.78, 5) is 12.5. The molecule has 0 atom stereocenters. The van der Waals surface area contributed by atoms with Gasteiger partial charge in [-0.2, -0.15) is 5.10 Å². The zero-order valence-electron chi connectivity index (χ0n) is 16.2. The number of aryl methyl sites for hydroxylation is 1. The smallest absolute Gasteiger partial charge is 0.255 e. The third-order valence-electron chi connectivity index (χ3n) is 4.11. The maximum absolute atomic E-state index is 12.4. The monoisotopic (exact) mass is 411 g/mol. The summed E-state index contributed by atoms with van der Waals surface area (Å²) in [6.45, 7) is 1.86. The van der Waals surface area contributed by atoms with Crippen LogP contribution < -0.4 is 10.6 Å². The lowest BCUT2D eigenvalue weighted by Crippen LogP contribution is -2.22. The molecule has 0 aliphatic heterocycles. The summed E-state index contributed by atoms with van der Waals surface area (Å²) in [5.74, 6) is 0.295. The van der Waals surface area contributed by atoms with Gasteiger partial charge in [0.05, 0.1) is 10.6 Å². The van der Waals surface area contributed by atoms with Crippen molar-refractivity contribution in [2.75, 3.05) is 24.7 Å². The number of amides is 1. The zero-order valence-corrected chi connectivity index (χ0v) is 17.1. The first-order valence-corrected chi connectivity index (χ1v) is 10.2. The fourth-order valence-electron chi connectivity index (χ4n) is 2.44. The number of benzene rings is 2. The number of nitrogens with one attached hydrogen (secondary N) is 2. The fraction of sp³-hybridized carbons (Fsp3) is 0.150. The minimum atomic E-state index is -3.53. The number of sulfonamides is 1. The molecule has 1 heterocycles. The van der Waals surface area contributed by atoms with Crippen molar-refractivity contribution < 1.29 is 13.2 Å². The van der Waals surface area contributed by atoms with Crippen molar-refractivity contribution in [3.05, 3.63) is 71.9 Å². The number of nitrogens with zero attached hydrogens (tertiary/aromatic N) is 3. The Morgan fingerprint density at radius 1 is 0.862 bits per heavy atom. The third-order valence-corrected chi connectivity index (χ3v) is 5.94. The van der Waals surface area contributed by atoms with Gasteiger partial charge >= 0.3 is 0 Å². The molecule has 0 spiro atoms. The predicted molar refractivity (Wildman–Crippen MR) is 112 cm³/mol. The molecule has 0 unspecified atom stereocenters. The Morgan fingerprint density at radius 3 is 2.03 bits per heavy atom. The van der Waals surface area contributed by atoms with Crippen LogP contribution in [0.5, 0.6) is 0 Å². The maximum Gasteiger partial charge on any atom is 0.255 e. The van der Waals surface area contributed by atoms with E-state index < -0.39 is 10.0 Å². The summed E-state index contributed by atoms with van der Waals surface area (Å²) in [6.07, 6.45) is 0. The molecule has 0 bridgehead atoms. The topological polar surface area (TPSA) is 104 Å². The van der Waals surface area contributed by atoms with Gasteiger partial charge in [-0.1, -0.05) is 0 Å². The van der Waals surface area contributed by atoms with E-state index in [2.05, 4.69) is 20.8 Å². The van der Waals surface area contributed by atoms with Crippen LogP contribution in [0, 0.1) is 6.92 Å². The van der Waals surface area contributed by atoms with E-state index in [0.29, 0.717) is 17.1 Å². The Labute approximate surface area is 169 Å². The van der Waals surface area contributed by atoms with E-state index in [0.717, 1.165) is 15.7 Å². The van der Waals surface area contributed by atoms with Gasteiger partial charge in [0, 0.05) is 31.0 Å². The van der Waals surface area contributed by atoms with Gasteiger partial charge in [-0.05, 0) is 67.6 Å². The van der Waals surface area contributed by atoms with Crippen LogP contribution in [0.4, 0.5) is 17.2 Å². The third kappa shape index (κ3) is 4.95. The van der Waals surface area contributed by atoms with Gasteiger partial charge in [0.25, 0.3) is 5.91 Å². The molecule has 3 aromatic rings. The van der Waals surface area contributed by atoms with Gasteiger partial charge in [-0.25, -0.2) is 12.7 Å². The predicted octanol–water partition coefficient (Wildman–Crippen LogP) is 3.03. The van der Waals surface area contributed by atoms with Crippen LogP contribution in [0.1, 0.15) is 16.1 Å². The normalized spacial score (nSPS) is 11.3. The lowest BCUT2D eigenvalue weighted by atomic mass is 10.2. The Bertz CT molecular complexity index is 1090. The van der Waals surface area contributed by atoms with E-state index in [-0.39, 0.29) is 10.8 Å². The quantitative estimate of drug-likeness (QED) is 0.646. The van der Waals surface area contributed by atoms with Crippen LogP contribution in [0.2, 0.25) is 0 Å². The van der Waals surface area contributed by atoms with E-state index in [1.165, 1.54) is 38.4 Å². The Kier molecular flexibility index (Phi) is 5.90. The molecule has 8 nitrogen and oxygen atoms in total. The Morgan fingerprint density at radius 2 is 1.48 bits per heavy atom. The molecule has 3 rings (SSSR count). The van der Waals surface area contributed by atoms with Crippen molar-refractivity contribution in [3.8, 4) is 0 Å². The second kappa shape index (κ2) is 8.38. The lowest BCUT2D eigenvalue weighted by molar-refractivity contribution is 0.102. The number of hydrogen-bond acceptors (Lipinski definition) is 6. The average Bonchev–Trinajstić information content (AvgIpc) is 2.71. The van der Waals surface area contributed by atoms with Crippen molar-refractivity contribution >= 4 is 33.1 Å². The van der Waals surface area contributed by atoms with Gasteiger partial charge in [0.2, 0.25) is 10.0 Å². The van der Waals surface area contributed by atoms with Crippen LogP contribution in [-0.4, -0.2) is 42.9 Å². The first kappa shape index (κ1) is 20.4. The number of aromatic nitrogens is 2. The van der Waals surface area contributed by atoms with Crippen LogP contribution >= 0.6 is 0 Å². The average molecular weight is 411 g/mol. The van der Waals surface area contributed by atoms with Gasteiger partial charge < -0.3 is 10.6 Å². The molecule has 2 N–H and O–H groups in total. The van der Waals surface area contributed by atoms with Gasteiger partial charge in [0.15, 0.2) is 5.82 Å². The second-order valence-electron chi connectivity index (χ2n) is 6.53. The highest BCUT2D eigenvalue weighted by Gasteiger charge is 2.17. The standard InChI is InChI=1S/C20H21N5O3S/c1-14-4-13-19(24-23-14)21-16-7-9-17(10-8-16)22-20(26)15-5-11-18(12-6-15)29(27,28)25(2)3/h4-13H,1-3H3,(H,21,24)(H,22,26). The van der Waals surface area contributed by atoms with Crippen LogP contribution in [0.15, 0.2) is 65.6 Å². The van der Waals surface area contributed by atoms with Gasteiger partial charge in [-0.15, -0.1) is 5.10 Å². The number of carbonyl (C=O) groups is 1. The number of rotatable bonds is 6. The van der Waals surface area contributed by atoms with Crippen molar-refractivity contribution in [2.45, 2.75) is 11.8 Å². The minimum Gasteiger partial charge on any atom is -0.339 e. The molecule has 2 aromatic carbocycles. The highest BCUT2D eigenvalue weighted by atomic mass is 32.2. The molecule has 9 heteroatoms. The maximum atomic E-state index is 12.4. The molecular formula is C20H21N5O3S. The molecule has 0 saturated heterocycles. The van der Waals surface area contributed by atoms with Gasteiger partial charge in [0.1, 0.15) is 0 Å². The lowest BCUT2D eigenvalue weighted by Gasteiger charge is -2.12. The molecule has 1 aromatic heterocycles. The van der Waals surface area contributed by atoms with Crippen LogP contribution in [-0.2, 0) is 10.0 Å². The first-order chi connectivity index (χ1) is 13.8.